The lowest BCUT2D eigenvalue weighted by molar-refractivity contribution is 0.0255. The zero-order chi connectivity index (χ0) is 14.4. The quantitative estimate of drug-likeness (QED) is 0.741. The summed E-state index contributed by atoms with van der Waals surface area (Å²) in [6, 6.07) is 0. The molecule has 2 aliphatic rings. The van der Waals surface area contributed by atoms with Gasteiger partial charge in [-0.15, -0.1) is 0 Å². The third-order valence-corrected chi connectivity index (χ3v) is 4.68. The second-order valence-corrected chi connectivity index (χ2v) is 7.38. The van der Waals surface area contributed by atoms with Crippen molar-refractivity contribution in [3.8, 4) is 0 Å². The fourth-order valence-electron chi connectivity index (χ4n) is 3.65. The number of rotatable bonds is 8. The number of nitrogens with zero attached hydrogens (tertiary/aromatic N) is 1. The Morgan fingerprint density at radius 3 is 2.45 bits per heavy atom. The molecule has 3 nitrogen and oxygen atoms in total. The average Bonchev–Trinajstić information content (AvgIpc) is 3.01. The van der Waals surface area contributed by atoms with Crippen LogP contribution in [0.4, 0.5) is 0 Å². The van der Waals surface area contributed by atoms with Crippen LogP contribution in [-0.2, 0) is 4.74 Å². The smallest absolute Gasteiger partial charge is 0.0707 e. The van der Waals surface area contributed by atoms with Crippen LogP contribution in [0.15, 0.2) is 0 Å². The first kappa shape index (κ1) is 16.3. The molecular weight excluding hydrogens is 248 g/mol. The second kappa shape index (κ2) is 8.35. The van der Waals surface area contributed by atoms with Crippen molar-refractivity contribution in [1.82, 2.24) is 10.2 Å². The fraction of sp³-hybridized carbons (Fsp3) is 1.00. The monoisotopic (exact) mass is 282 g/mol. The molecule has 2 rings (SSSR count). The number of hydrogen-bond acceptors (Lipinski definition) is 3. The van der Waals surface area contributed by atoms with Crippen LogP contribution in [0, 0.1) is 11.8 Å². The molecule has 2 unspecified atom stereocenters. The number of likely N-dealkylation sites (N-methyl/N-ethyl adjacent to an activating group) is 1. The molecule has 1 saturated heterocycles. The molecule has 0 radical (unpaired) electrons. The zero-order valence-electron chi connectivity index (χ0n) is 13.7. The topological polar surface area (TPSA) is 24.5 Å². The van der Waals surface area contributed by atoms with Gasteiger partial charge < -0.3 is 15.0 Å². The van der Waals surface area contributed by atoms with Crippen LogP contribution in [0.3, 0.4) is 0 Å². The highest BCUT2D eigenvalue weighted by molar-refractivity contribution is 4.79. The number of nitrogens with one attached hydrogen (secondary N) is 1. The molecule has 1 saturated carbocycles. The number of ether oxygens (including phenoxy) is 1. The van der Waals surface area contributed by atoms with Crippen molar-refractivity contribution < 1.29 is 4.74 Å². The Bertz CT molecular complexity index is 264. The molecule has 1 aliphatic carbocycles. The normalized spacial score (nSPS) is 28.1. The Hall–Kier alpha value is -0.120. The van der Waals surface area contributed by atoms with Gasteiger partial charge >= 0.3 is 0 Å². The Balaban J connectivity index is 1.57. The lowest BCUT2D eigenvalue weighted by Gasteiger charge is -2.24. The number of hydrogen-bond donors (Lipinski definition) is 1. The van der Waals surface area contributed by atoms with Gasteiger partial charge in [0.25, 0.3) is 0 Å². The predicted molar refractivity (Wildman–Crippen MR) is 85.1 cm³/mol. The van der Waals surface area contributed by atoms with Crippen molar-refractivity contribution >= 4 is 0 Å². The van der Waals surface area contributed by atoms with Crippen LogP contribution < -0.4 is 5.32 Å². The van der Waals surface area contributed by atoms with Crippen LogP contribution in [0.5, 0.6) is 0 Å². The van der Waals surface area contributed by atoms with Gasteiger partial charge in [0.2, 0.25) is 0 Å². The SMILES string of the molecule is CC(C)CNCC1CCC(CN(C)CC2CCCC2)O1. The van der Waals surface area contributed by atoms with Crippen molar-refractivity contribution in [3.05, 3.63) is 0 Å². The first-order chi connectivity index (χ1) is 9.63. The largest absolute Gasteiger partial charge is 0.372 e. The summed E-state index contributed by atoms with van der Waals surface area (Å²) in [5.74, 6) is 1.68. The second-order valence-electron chi connectivity index (χ2n) is 7.38. The van der Waals surface area contributed by atoms with E-state index in [1.807, 2.05) is 0 Å². The molecule has 0 aromatic heterocycles. The van der Waals surface area contributed by atoms with Crippen molar-refractivity contribution in [1.29, 1.82) is 0 Å². The van der Waals surface area contributed by atoms with Gasteiger partial charge in [0.1, 0.15) is 0 Å². The van der Waals surface area contributed by atoms with E-state index in [9.17, 15) is 0 Å². The molecule has 0 aromatic rings. The molecule has 2 atom stereocenters. The van der Waals surface area contributed by atoms with E-state index in [0.29, 0.717) is 12.2 Å². The van der Waals surface area contributed by atoms with Crippen LogP contribution in [0.1, 0.15) is 52.4 Å². The van der Waals surface area contributed by atoms with Crippen LogP contribution in [0.2, 0.25) is 0 Å². The standard InChI is InChI=1S/C17H34N2O/c1-14(2)10-18-11-16-8-9-17(20-16)13-19(3)12-15-6-4-5-7-15/h14-18H,4-13H2,1-3H3. The Morgan fingerprint density at radius 2 is 1.75 bits per heavy atom. The van der Waals surface area contributed by atoms with E-state index in [1.54, 1.807) is 0 Å². The highest BCUT2D eigenvalue weighted by Gasteiger charge is 2.26. The van der Waals surface area contributed by atoms with Gasteiger partial charge in [-0.1, -0.05) is 26.7 Å². The summed E-state index contributed by atoms with van der Waals surface area (Å²) < 4.78 is 6.17. The maximum Gasteiger partial charge on any atom is 0.0707 e. The van der Waals surface area contributed by atoms with Crippen molar-refractivity contribution in [2.75, 3.05) is 33.2 Å². The van der Waals surface area contributed by atoms with Crippen molar-refractivity contribution in [2.45, 2.75) is 64.6 Å². The molecule has 0 spiro atoms. The van der Waals surface area contributed by atoms with E-state index in [-0.39, 0.29) is 0 Å². The Kier molecular flexibility index (Phi) is 6.79. The Morgan fingerprint density at radius 1 is 1.05 bits per heavy atom. The van der Waals surface area contributed by atoms with Gasteiger partial charge in [0.15, 0.2) is 0 Å². The van der Waals surface area contributed by atoms with Gasteiger partial charge in [-0.05, 0) is 51.1 Å². The lowest BCUT2D eigenvalue weighted by Crippen LogP contribution is -2.34. The molecule has 3 heteroatoms. The summed E-state index contributed by atoms with van der Waals surface area (Å²) in [7, 11) is 2.27. The summed E-state index contributed by atoms with van der Waals surface area (Å²) in [5.41, 5.74) is 0. The van der Waals surface area contributed by atoms with Gasteiger partial charge in [0.05, 0.1) is 12.2 Å². The zero-order valence-corrected chi connectivity index (χ0v) is 13.7. The van der Waals surface area contributed by atoms with Gasteiger partial charge in [-0.2, -0.15) is 0 Å². The molecule has 0 aromatic carbocycles. The molecule has 0 amide bonds. The third-order valence-electron chi connectivity index (χ3n) is 4.68. The molecule has 1 heterocycles. The molecule has 0 bridgehead atoms. The van der Waals surface area contributed by atoms with Crippen molar-refractivity contribution in [2.24, 2.45) is 11.8 Å². The molecule has 2 fully saturated rings. The minimum Gasteiger partial charge on any atom is -0.372 e. The molecule has 118 valence electrons. The first-order valence-electron chi connectivity index (χ1n) is 8.68. The van der Waals surface area contributed by atoms with Crippen LogP contribution >= 0.6 is 0 Å². The van der Waals surface area contributed by atoms with Gasteiger partial charge in [-0.3, -0.25) is 0 Å². The summed E-state index contributed by atoms with van der Waals surface area (Å²) in [6.45, 7) is 9.03. The van der Waals surface area contributed by atoms with Crippen LogP contribution in [0.25, 0.3) is 0 Å². The summed E-state index contributed by atoms with van der Waals surface area (Å²) in [5, 5.41) is 3.52. The fourth-order valence-corrected chi connectivity index (χ4v) is 3.65. The third kappa shape index (κ3) is 5.71. The van der Waals surface area contributed by atoms with E-state index in [0.717, 1.165) is 31.5 Å². The average molecular weight is 282 g/mol. The van der Waals surface area contributed by atoms with Crippen LogP contribution in [-0.4, -0.2) is 50.3 Å². The summed E-state index contributed by atoms with van der Waals surface area (Å²) in [4.78, 5) is 2.50. The maximum atomic E-state index is 6.17. The predicted octanol–water partition coefficient (Wildman–Crippen LogP) is 2.90. The molecular formula is C17H34N2O. The Labute approximate surface area is 125 Å². The van der Waals surface area contributed by atoms with Gasteiger partial charge in [0, 0.05) is 19.6 Å². The van der Waals surface area contributed by atoms with E-state index >= 15 is 0 Å². The molecule has 20 heavy (non-hydrogen) atoms. The minimum atomic E-state index is 0.443. The first-order valence-corrected chi connectivity index (χ1v) is 8.68. The van der Waals surface area contributed by atoms with Crippen molar-refractivity contribution in [3.63, 3.8) is 0 Å². The van der Waals surface area contributed by atoms with Gasteiger partial charge in [-0.25, -0.2) is 0 Å². The van der Waals surface area contributed by atoms with E-state index in [4.69, 9.17) is 4.74 Å². The highest BCUT2D eigenvalue weighted by atomic mass is 16.5. The minimum absolute atomic E-state index is 0.443. The molecule has 1 N–H and O–H groups in total. The highest BCUT2D eigenvalue weighted by Crippen LogP contribution is 2.26. The molecule has 1 aliphatic heterocycles. The van der Waals surface area contributed by atoms with E-state index in [1.165, 1.54) is 45.1 Å². The van der Waals surface area contributed by atoms with E-state index in [2.05, 4.69) is 31.1 Å². The van der Waals surface area contributed by atoms with E-state index < -0.39 is 0 Å². The lowest BCUT2D eigenvalue weighted by atomic mass is 10.1. The maximum absolute atomic E-state index is 6.17. The summed E-state index contributed by atoms with van der Waals surface area (Å²) in [6.07, 6.45) is 9.15. The summed E-state index contributed by atoms with van der Waals surface area (Å²) >= 11 is 0.